The number of rotatable bonds is 5. The van der Waals surface area contributed by atoms with Crippen molar-refractivity contribution in [1.82, 2.24) is 15.1 Å². The lowest BCUT2D eigenvalue weighted by Gasteiger charge is -2.32. The van der Waals surface area contributed by atoms with Crippen LogP contribution in [0.15, 0.2) is 24.3 Å². The molecule has 27 heavy (non-hydrogen) atoms. The zero-order valence-corrected chi connectivity index (χ0v) is 18.4. The average Bonchev–Trinajstić information content (AvgIpc) is 3.03. The number of hydrogen-bond acceptors (Lipinski definition) is 4. The molecule has 1 saturated heterocycles. The van der Waals surface area contributed by atoms with Crippen LogP contribution in [0.25, 0.3) is 0 Å². The zero-order valence-electron chi connectivity index (χ0n) is 15.9. The second-order valence-corrected chi connectivity index (χ2v) is 7.38. The van der Waals surface area contributed by atoms with Crippen LogP contribution in [0.1, 0.15) is 30.4 Å². The van der Waals surface area contributed by atoms with Gasteiger partial charge in [0.05, 0.1) is 0 Å². The van der Waals surface area contributed by atoms with Gasteiger partial charge in [0.1, 0.15) is 0 Å². The molecule has 1 heterocycles. The molecule has 2 aliphatic rings. The molecule has 0 aromatic heterocycles. The van der Waals surface area contributed by atoms with Crippen LogP contribution < -0.4 is 11.1 Å². The Hall–Kier alpha value is -0.560. The monoisotopic (exact) mass is 438 g/mol. The maximum atomic E-state index is 12.1. The molecule has 2 atom stereocenters. The van der Waals surface area contributed by atoms with Gasteiger partial charge in [0, 0.05) is 51.2 Å². The van der Waals surface area contributed by atoms with Gasteiger partial charge in [0.2, 0.25) is 5.91 Å². The molecular weight excluding hydrogens is 407 g/mol. The molecule has 1 amide bonds. The normalized spacial score (nSPS) is 22.9. The van der Waals surface area contributed by atoms with E-state index in [1.165, 1.54) is 5.56 Å². The molecule has 1 aromatic rings. The van der Waals surface area contributed by atoms with E-state index < -0.39 is 0 Å². The van der Waals surface area contributed by atoms with Gasteiger partial charge in [-0.3, -0.25) is 9.69 Å². The number of halogens is 3. The van der Waals surface area contributed by atoms with Gasteiger partial charge in [-0.15, -0.1) is 37.2 Å². The number of carbonyl (C=O) groups excluding carboxylic acids is 1. The molecule has 1 saturated carbocycles. The summed E-state index contributed by atoms with van der Waals surface area (Å²) in [5.41, 5.74) is 8.39. The Balaban J connectivity index is 0.00000225. The Bertz CT molecular complexity index is 550. The van der Waals surface area contributed by atoms with E-state index in [4.69, 9.17) is 5.73 Å². The summed E-state index contributed by atoms with van der Waals surface area (Å²) < 4.78 is 0. The standard InChI is InChI=1S/C19H30N4O.3ClH/c1-22-8-10-23(11-9-22)14-16-4-2-15(3-5-16)13-21-19(24)17-6-7-18(20)12-17;;;/h2-5,17-18H,6-14,20H2,1H3,(H,21,24);3*1H. The summed E-state index contributed by atoms with van der Waals surface area (Å²) in [4.78, 5) is 17.0. The fourth-order valence-electron chi connectivity index (χ4n) is 3.61. The van der Waals surface area contributed by atoms with Gasteiger partial charge in [-0.05, 0) is 37.4 Å². The summed E-state index contributed by atoms with van der Waals surface area (Å²) in [6.07, 6.45) is 2.73. The van der Waals surface area contributed by atoms with Crippen molar-refractivity contribution in [2.75, 3.05) is 33.2 Å². The first-order valence-electron chi connectivity index (χ1n) is 9.12. The van der Waals surface area contributed by atoms with Crippen LogP contribution >= 0.6 is 37.2 Å². The first-order chi connectivity index (χ1) is 11.6. The Kier molecular flexibility index (Phi) is 12.5. The fraction of sp³-hybridized carbons (Fsp3) is 0.632. The summed E-state index contributed by atoms with van der Waals surface area (Å²) in [6.45, 7) is 6.19. The molecule has 8 heteroatoms. The molecule has 0 radical (unpaired) electrons. The maximum absolute atomic E-state index is 12.1. The van der Waals surface area contributed by atoms with E-state index in [0.717, 1.165) is 57.5 Å². The van der Waals surface area contributed by atoms with Gasteiger partial charge in [-0.2, -0.15) is 0 Å². The summed E-state index contributed by atoms with van der Waals surface area (Å²) in [6, 6.07) is 8.84. The van der Waals surface area contributed by atoms with E-state index in [-0.39, 0.29) is 55.1 Å². The molecule has 5 nitrogen and oxygen atoms in total. The molecule has 3 rings (SSSR count). The highest BCUT2D eigenvalue weighted by atomic mass is 35.5. The Morgan fingerprint density at radius 3 is 2.19 bits per heavy atom. The highest BCUT2D eigenvalue weighted by molar-refractivity contribution is 5.86. The lowest BCUT2D eigenvalue weighted by molar-refractivity contribution is -0.125. The lowest BCUT2D eigenvalue weighted by atomic mass is 10.1. The Labute approximate surface area is 181 Å². The van der Waals surface area contributed by atoms with Crippen molar-refractivity contribution < 1.29 is 4.79 Å². The van der Waals surface area contributed by atoms with Gasteiger partial charge in [-0.1, -0.05) is 24.3 Å². The fourth-order valence-corrected chi connectivity index (χ4v) is 3.61. The summed E-state index contributed by atoms with van der Waals surface area (Å²) in [7, 11) is 2.18. The van der Waals surface area contributed by atoms with Gasteiger partial charge in [0.15, 0.2) is 0 Å². The SMILES string of the molecule is CN1CCN(Cc2ccc(CNC(=O)C3CCC(N)C3)cc2)CC1.Cl.Cl.Cl. The molecule has 1 aliphatic carbocycles. The molecule has 2 fully saturated rings. The van der Waals surface area contributed by atoms with Crippen LogP contribution in [0, 0.1) is 5.92 Å². The van der Waals surface area contributed by atoms with Crippen molar-refractivity contribution in [3.8, 4) is 0 Å². The van der Waals surface area contributed by atoms with E-state index in [2.05, 4.69) is 46.4 Å². The number of piperazine rings is 1. The molecule has 0 bridgehead atoms. The molecule has 0 spiro atoms. The van der Waals surface area contributed by atoms with Crippen LogP contribution in [-0.2, 0) is 17.9 Å². The predicted octanol–water partition coefficient (Wildman–Crippen LogP) is 2.44. The minimum Gasteiger partial charge on any atom is -0.352 e. The predicted molar refractivity (Wildman–Crippen MR) is 118 cm³/mol. The number of nitrogens with zero attached hydrogens (tertiary/aromatic N) is 2. The first-order valence-corrected chi connectivity index (χ1v) is 9.12. The van der Waals surface area contributed by atoms with Crippen molar-refractivity contribution in [3.05, 3.63) is 35.4 Å². The average molecular weight is 440 g/mol. The van der Waals surface area contributed by atoms with Crippen LogP contribution in [0.5, 0.6) is 0 Å². The smallest absolute Gasteiger partial charge is 0.223 e. The van der Waals surface area contributed by atoms with Crippen LogP contribution in [-0.4, -0.2) is 55.0 Å². The van der Waals surface area contributed by atoms with E-state index >= 15 is 0 Å². The van der Waals surface area contributed by atoms with Gasteiger partial charge in [-0.25, -0.2) is 0 Å². The van der Waals surface area contributed by atoms with Crippen LogP contribution in [0.4, 0.5) is 0 Å². The van der Waals surface area contributed by atoms with Crippen molar-refractivity contribution in [3.63, 3.8) is 0 Å². The molecule has 1 aliphatic heterocycles. The zero-order chi connectivity index (χ0) is 16.9. The van der Waals surface area contributed by atoms with Gasteiger partial charge < -0.3 is 16.0 Å². The highest BCUT2D eigenvalue weighted by Gasteiger charge is 2.27. The quantitative estimate of drug-likeness (QED) is 0.740. The molecule has 156 valence electrons. The molecule has 1 aromatic carbocycles. The molecule has 3 N–H and O–H groups in total. The highest BCUT2D eigenvalue weighted by Crippen LogP contribution is 2.24. The third-order valence-electron chi connectivity index (χ3n) is 5.34. The third-order valence-corrected chi connectivity index (χ3v) is 5.34. The topological polar surface area (TPSA) is 61.6 Å². The summed E-state index contributed by atoms with van der Waals surface area (Å²) >= 11 is 0. The largest absolute Gasteiger partial charge is 0.352 e. The third kappa shape index (κ3) is 8.14. The van der Waals surface area contributed by atoms with E-state index in [0.29, 0.717) is 6.54 Å². The van der Waals surface area contributed by atoms with E-state index in [1.807, 2.05) is 0 Å². The minimum absolute atomic E-state index is 0. The first kappa shape index (κ1) is 26.4. The van der Waals surface area contributed by atoms with Gasteiger partial charge >= 0.3 is 0 Å². The molecule has 2 unspecified atom stereocenters. The molecular formula is C19H33Cl3N4O. The van der Waals surface area contributed by atoms with Crippen molar-refractivity contribution in [2.45, 2.75) is 38.4 Å². The number of nitrogens with two attached hydrogens (primary N) is 1. The number of hydrogen-bond donors (Lipinski definition) is 2. The maximum Gasteiger partial charge on any atom is 0.223 e. The number of carbonyl (C=O) groups is 1. The Morgan fingerprint density at radius 2 is 1.63 bits per heavy atom. The number of likely N-dealkylation sites (N-methyl/N-ethyl adjacent to an activating group) is 1. The second-order valence-electron chi connectivity index (χ2n) is 7.38. The Morgan fingerprint density at radius 1 is 1.04 bits per heavy atom. The summed E-state index contributed by atoms with van der Waals surface area (Å²) in [5, 5.41) is 3.06. The van der Waals surface area contributed by atoms with Crippen molar-refractivity contribution in [1.29, 1.82) is 0 Å². The lowest BCUT2D eigenvalue weighted by Crippen LogP contribution is -2.43. The summed E-state index contributed by atoms with van der Waals surface area (Å²) in [5.74, 6) is 0.265. The second kappa shape index (κ2) is 12.8. The van der Waals surface area contributed by atoms with Crippen LogP contribution in [0.2, 0.25) is 0 Å². The number of benzene rings is 1. The van der Waals surface area contributed by atoms with E-state index in [1.54, 1.807) is 0 Å². The number of amides is 1. The van der Waals surface area contributed by atoms with Crippen LogP contribution in [0.3, 0.4) is 0 Å². The van der Waals surface area contributed by atoms with Crippen molar-refractivity contribution in [2.24, 2.45) is 11.7 Å². The number of nitrogens with one attached hydrogen (secondary N) is 1. The van der Waals surface area contributed by atoms with Gasteiger partial charge in [0.25, 0.3) is 0 Å². The minimum atomic E-state index is 0. The van der Waals surface area contributed by atoms with Crippen molar-refractivity contribution >= 4 is 43.1 Å². The van der Waals surface area contributed by atoms with E-state index in [9.17, 15) is 4.79 Å².